The second-order valence-electron chi connectivity index (χ2n) is 7.86. The van der Waals surface area contributed by atoms with E-state index in [1.807, 2.05) is 0 Å². The number of carbonyl (C=O) groups is 2. The molecule has 0 bridgehead atoms. The molecule has 0 aromatic rings. The van der Waals surface area contributed by atoms with E-state index in [4.69, 9.17) is 48.7 Å². The van der Waals surface area contributed by atoms with E-state index in [-0.39, 0.29) is 12.5 Å². The lowest BCUT2D eigenvalue weighted by Gasteiger charge is -2.16. The van der Waals surface area contributed by atoms with Crippen molar-refractivity contribution in [3.05, 3.63) is 0 Å². The molecule has 5 N–H and O–H groups in total. The maximum atomic E-state index is 12.1. The third kappa shape index (κ3) is 27.4. The molecule has 0 aliphatic carbocycles. The standard InChI is InChI=1S/C24H49N3O11/c1-31-8-9-33-12-13-35-16-17-37-20-21-38-19-18-36-15-14-34-11-10-32-7-6-26-23(28)22(27-24(29)30)4-2-3-5-25/h22,27H,2-21,25H2,1H3,(H,26,28)(H,29,30)/t22-/m0/s1. The van der Waals surface area contributed by atoms with Gasteiger partial charge in [-0.1, -0.05) is 0 Å². The van der Waals surface area contributed by atoms with Crippen LogP contribution in [0.2, 0.25) is 0 Å². The number of carbonyl (C=O) groups excluding carboxylic acids is 1. The first-order valence-electron chi connectivity index (χ1n) is 13.1. The van der Waals surface area contributed by atoms with E-state index in [9.17, 15) is 9.59 Å². The number of hydrogen-bond acceptors (Lipinski definition) is 11. The predicted molar refractivity (Wildman–Crippen MR) is 138 cm³/mol. The molecule has 14 nitrogen and oxygen atoms in total. The summed E-state index contributed by atoms with van der Waals surface area (Å²) >= 11 is 0. The van der Waals surface area contributed by atoms with E-state index in [1.165, 1.54) is 0 Å². The molecule has 0 saturated heterocycles. The van der Waals surface area contributed by atoms with Crippen molar-refractivity contribution in [3.8, 4) is 0 Å². The summed E-state index contributed by atoms with van der Waals surface area (Å²) in [5.74, 6) is -0.376. The van der Waals surface area contributed by atoms with Crippen molar-refractivity contribution in [2.24, 2.45) is 5.73 Å². The molecule has 0 saturated carbocycles. The van der Waals surface area contributed by atoms with Crippen molar-refractivity contribution in [1.82, 2.24) is 10.6 Å². The lowest BCUT2D eigenvalue weighted by molar-refractivity contribution is -0.123. The largest absolute Gasteiger partial charge is 0.465 e. The fraction of sp³-hybridized carbons (Fsp3) is 0.917. The quantitative estimate of drug-likeness (QED) is 0.0847. The summed E-state index contributed by atoms with van der Waals surface area (Å²) in [6.45, 7) is 7.91. The Morgan fingerprint density at radius 1 is 0.658 bits per heavy atom. The summed E-state index contributed by atoms with van der Waals surface area (Å²) in [4.78, 5) is 23.0. The Hall–Kier alpha value is -1.62. The molecule has 0 fully saturated rings. The first kappa shape index (κ1) is 36.4. The van der Waals surface area contributed by atoms with E-state index in [2.05, 4.69) is 10.6 Å². The normalized spacial score (nSPS) is 11.9. The number of nitrogens with one attached hydrogen (secondary N) is 2. The van der Waals surface area contributed by atoms with Gasteiger partial charge in [-0.25, -0.2) is 4.79 Å². The predicted octanol–water partition coefficient (Wildman–Crippen LogP) is -0.370. The number of carboxylic acid groups (broad SMARTS) is 1. The van der Waals surface area contributed by atoms with Gasteiger partial charge in [0, 0.05) is 13.7 Å². The van der Waals surface area contributed by atoms with Gasteiger partial charge >= 0.3 is 6.09 Å². The van der Waals surface area contributed by atoms with Crippen LogP contribution >= 0.6 is 0 Å². The molecule has 0 aromatic heterocycles. The summed E-state index contributed by atoms with van der Waals surface area (Å²) in [5, 5.41) is 13.8. The molecule has 2 amide bonds. The minimum Gasteiger partial charge on any atom is -0.465 e. The van der Waals surface area contributed by atoms with Crippen LogP contribution in [0.1, 0.15) is 19.3 Å². The zero-order valence-corrected chi connectivity index (χ0v) is 22.8. The molecule has 0 aromatic carbocycles. The molecule has 1 atom stereocenters. The van der Waals surface area contributed by atoms with Crippen LogP contribution in [0.25, 0.3) is 0 Å². The van der Waals surface area contributed by atoms with Crippen LogP contribution < -0.4 is 16.4 Å². The van der Waals surface area contributed by atoms with Crippen LogP contribution in [0.15, 0.2) is 0 Å². The highest BCUT2D eigenvalue weighted by Crippen LogP contribution is 2.01. The van der Waals surface area contributed by atoms with Crippen LogP contribution in [0, 0.1) is 0 Å². The molecule has 0 aliphatic heterocycles. The molecular weight excluding hydrogens is 506 g/mol. The molecule has 0 heterocycles. The minimum atomic E-state index is -1.23. The summed E-state index contributed by atoms with van der Waals surface area (Å²) in [5.41, 5.74) is 5.43. The zero-order valence-electron chi connectivity index (χ0n) is 22.8. The Kier molecular flexibility index (Phi) is 28.7. The highest BCUT2D eigenvalue weighted by molar-refractivity contribution is 5.85. The SMILES string of the molecule is COCCOCCOCCOCCOCCOCCOCCOCCNC(=O)[C@H](CCCCN)NC(=O)O. The highest BCUT2D eigenvalue weighted by atomic mass is 16.6. The van der Waals surface area contributed by atoms with Crippen LogP contribution in [0.5, 0.6) is 0 Å². The Balaban J connectivity index is 3.33. The number of nitrogens with two attached hydrogens (primary N) is 1. The van der Waals surface area contributed by atoms with E-state index >= 15 is 0 Å². The molecular formula is C24H49N3O11. The van der Waals surface area contributed by atoms with Gasteiger partial charge in [0.15, 0.2) is 0 Å². The van der Waals surface area contributed by atoms with E-state index in [0.29, 0.717) is 118 Å². The molecule has 0 spiro atoms. The first-order valence-corrected chi connectivity index (χ1v) is 13.1. The number of rotatable bonds is 30. The maximum absolute atomic E-state index is 12.1. The van der Waals surface area contributed by atoms with Gasteiger partial charge in [-0.15, -0.1) is 0 Å². The highest BCUT2D eigenvalue weighted by Gasteiger charge is 2.19. The second kappa shape index (κ2) is 29.9. The third-order valence-electron chi connectivity index (χ3n) is 4.77. The lowest BCUT2D eigenvalue weighted by Crippen LogP contribution is -2.47. The molecule has 38 heavy (non-hydrogen) atoms. The molecule has 226 valence electrons. The van der Waals surface area contributed by atoms with Gasteiger partial charge in [0.2, 0.25) is 5.91 Å². The van der Waals surface area contributed by atoms with Gasteiger partial charge in [0.25, 0.3) is 0 Å². The van der Waals surface area contributed by atoms with E-state index in [0.717, 1.165) is 6.42 Å². The van der Waals surface area contributed by atoms with Crippen molar-refractivity contribution >= 4 is 12.0 Å². The van der Waals surface area contributed by atoms with Gasteiger partial charge in [-0.2, -0.15) is 0 Å². The van der Waals surface area contributed by atoms with E-state index < -0.39 is 12.1 Å². The zero-order chi connectivity index (χ0) is 27.9. The van der Waals surface area contributed by atoms with Gasteiger partial charge in [-0.05, 0) is 25.8 Å². The topological polar surface area (TPSA) is 178 Å². The molecule has 14 heteroatoms. The maximum Gasteiger partial charge on any atom is 0.405 e. The number of hydrogen-bond donors (Lipinski definition) is 4. The van der Waals surface area contributed by atoms with Crippen molar-refractivity contribution < 1.29 is 52.6 Å². The summed E-state index contributed by atoms with van der Waals surface area (Å²) in [6, 6.07) is -0.797. The van der Waals surface area contributed by atoms with E-state index in [1.54, 1.807) is 7.11 Å². The number of amides is 2. The lowest BCUT2D eigenvalue weighted by atomic mass is 10.1. The van der Waals surface area contributed by atoms with Crippen LogP contribution in [0.4, 0.5) is 4.79 Å². The Morgan fingerprint density at radius 3 is 1.42 bits per heavy atom. The number of ether oxygens (including phenoxy) is 8. The fourth-order valence-electron chi connectivity index (χ4n) is 2.84. The van der Waals surface area contributed by atoms with Crippen molar-refractivity contribution in [1.29, 1.82) is 0 Å². The minimum absolute atomic E-state index is 0.278. The monoisotopic (exact) mass is 555 g/mol. The summed E-state index contributed by atoms with van der Waals surface area (Å²) < 4.78 is 42.6. The Labute approximate surface area is 226 Å². The van der Waals surface area contributed by atoms with Crippen molar-refractivity contribution in [2.75, 3.05) is 119 Å². The second-order valence-corrected chi connectivity index (χ2v) is 7.86. The van der Waals surface area contributed by atoms with Crippen LogP contribution in [-0.4, -0.2) is 142 Å². The number of unbranched alkanes of at least 4 members (excludes halogenated alkanes) is 1. The first-order chi connectivity index (χ1) is 18.6. The van der Waals surface area contributed by atoms with Gasteiger partial charge in [-0.3, -0.25) is 4.79 Å². The molecule has 0 aliphatic rings. The fourth-order valence-corrected chi connectivity index (χ4v) is 2.84. The molecule has 0 radical (unpaired) electrons. The third-order valence-corrected chi connectivity index (χ3v) is 4.77. The van der Waals surface area contributed by atoms with Crippen molar-refractivity contribution in [2.45, 2.75) is 25.3 Å². The average molecular weight is 556 g/mol. The van der Waals surface area contributed by atoms with Crippen LogP contribution in [-0.2, 0) is 42.7 Å². The summed E-state index contributed by atoms with van der Waals surface area (Å²) in [7, 11) is 1.63. The average Bonchev–Trinajstić information content (AvgIpc) is 2.90. The van der Waals surface area contributed by atoms with Gasteiger partial charge in [0.05, 0.1) is 99.1 Å². The number of methoxy groups -OCH3 is 1. The Bertz CT molecular complexity index is 533. The molecule has 0 unspecified atom stereocenters. The van der Waals surface area contributed by atoms with Gasteiger partial charge < -0.3 is 59.4 Å². The smallest absolute Gasteiger partial charge is 0.405 e. The summed E-state index contributed by atoms with van der Waals surface area (Å²) in [6.07, 6.45) is 0.560. The molecule has 0 rings (SSSR count). The van der Waals surface area contributed by atoms with Crippen molar-refractivity contribution in [3.63, 3.8) is 0 Å². The van der Waals surface area contributed by atoms with Crippen LogP contribution in [0.3, 0.4) is 0 Å². The Morgan fingerprint density at radius 2 is 1.05 bits per heavy atom. The van der Waals surface area contributed by atoms with Gasteiger partial charge in [0.1, 0.15) is 6.04 Å².